The Morgan fingerprint density at radius 3 is 2.62 bits per heavy atom. The van der Waals surface area contributed by atoms with E-state index in [-0.39, 0.29) is 11.4 Å². The van der Waals surface area contributed by atoms with Gasteiger partial charge in [-0.3, -0.25) is 0 Å². The van der Waals surface area contributed by atoms with Gasteiger partial charge in [0.05, 0.1) is 5.56 Å². The molecule has 0 aromatic heterocycles. The van der Waals surface area contributed by atoms with Gasteiger partial charge in [0, 0.05) is 12.0 Å². The number of hydrogen-bond donors (Lipinski definition) is 0. The van der Waals surface area contributed by atoms with Crippen molar-refractivity contribution in [2.75, 3.05) is 20.1 Å². The van der Waals surface area contributed by atoms with Gasteiger partial charge in [-0.1, -0.05) is 43.7 Å². The summed E-state index contributed by atoms with van der Waals surface area (Å²) in [6.45, 7) is 4.42. The minimum Gasteiger partial charge on any atom is -0.423 e. The largest absolute Gasteiger partial charge is 0.423 e. The molecule has 3 rings (SSSR count). The van der Waals surface area contributed by atoms with Crippen molar-refractivity contribution in [2.45, 2.75) is 31.6 Å². The fraction of sp³-hybridized carbons (Fsp3) is 0.381. The summed E-state index contributed by atoms with van der Waals surface area (Å²) >= 11 is 0. The summed E-state index contributed by atoms with van der Waals surface area (Å²) in [4.78, 5) is 14.7. The van der Waals surface area contributed by atoms with Gasteiger partial charge >= 0.3 is 5.97 Å². The van der Waals surface area contributed by atoms with Crippen molar-refractivity contribution >= 4 is 5.97 Å². The third-order valence-electron chi connectivity index (χ3n) is 4.94. The van der Waals surface area contributed by atoms with Crippen LogP contribution in [0.2, 0.25) is 0 Å². The average molecular weight is 323 g/mol. The van der Waals surface area contributed by atoms with Gasteiger partial charge in [0.15, 0.2) is 0 Å². The molecule has 0 aliphatic carbocycles. The number of nitrogens with zero attached hydrogens (tertiary/aromatic N) is 1. The van der Waals surface area contributed by atoms with Crippen LogP contribution >= 0.6 is 0 Å². The second-order valence-electron chi connectivity index (χ2n) is 6.80. The minimum atomic E-state index is -0.305. The number of likely N-dealkylation sites (tertiary alicyclic amines) is 1. The number of ether oxygens (including phenoxy) is 1. The summed E-state index contributed by atoms with van der Waals surface area (Å²) in [6.07, 6.45) is 3.47. The molecule has 2 aromatic rings. The quantitative estimate of drug-likeness (QED) is 0.607. The van der Waals surface area contributed by atoms with Crippen molar-refractivity contribution in [3.63, 3.8) is 0 Å². The molecule has 1 atom stereocenters. The Balaban J connectivity index is 1.82. The maximum absolute atomic E-state index is 12.3. The van der Waals surface area contributed by atoms with Crippen LogP contribution in [0.3, 0.4) is 0 Å². The van der Waals surface area contributed by atoms with E-state index < -0.39 is 0 Å². The first-order valence-electron chi connectivity index (χ1n) is 8.69. The number of carbonyl (C=O) groups excluding carboxylic acids is 1. The summed E-state index contributed by atoms with van der Waals surface area (Å²) in [7, 11) is 2.18. The number of likely N-dealkylation sites (N-methyl/N-ethyl adjacent to an activating group) is 1. The zero-order chi connectivity index (χ0) is 17.0. The van der Waals surface area contributed by atoms with Crippen molar-refractivity contribution in [3.8, 4) is 5.75 Å². The standard InChI is InChI=1S/C21H25NO2/c1-3-12-21(13-14-22(2)16-21)18-10-7-11-19(15-18)24-20(23)17-8-5-4-6-9-17/h4-11,15H,3,12-14,16H2,1-2H3. The highest BCUT2D eigenvalue weighted by Gasteiger charge is 2.37. The summed E-state index contributed by atoms with van der Waals surface area (Å²) < 4.78 is 5.60. The van der Waals surface area contributed by atoms with Crippen LogP contribution in [-0.2, 0) is 5.41 Å². The maximum Gasteiger partial charge on any atom is 0.343 e. The van der Waals surface area contributed by atoms with Crippen molar-refractivity contribution in [2.24, 2.45) is 0 Å². The van der Waals surface area contributed by atoms with E-state index in [2.05, 4.69) is 31.0 Å². The number of esters is 1. The van der Waals surface area contributed by atoms with E-state index in [1.807, 2.05) is 30.3 Å². The van der Waals surface area contributed by atoms with E-state index in [1.54, 1.807) is 12.1 Å². The van der Waals surface area contributed by atoms with E-state index in [1.165, 1.54) is 5.56 Å². The molecule has 126 valence electrons. The SMILES string of the molecule is CCCC1(c2cccc(OC(=O)c3ccccc3)c2)CCN(C)C1. The Labute approximate surface area is 144 Å². The fourth-order valence-corrected chi connectivity index (χ4v) is 3.77. The van der Waals surface area contributed by atoms with Crippen LogP contribution in [0.4, 0.5) is 0 Å². The molecule has 2 aromatic carbocycles. The first-order chi connectivity index (χ1) is 11.6. The van der Waals surface area contributed by atoms with Crippen molar-refractivity contribution in [1.82, 2.24) is 4.90 Å². The zero-order valence-corrected chi connectivity index (χ0v) is 14.5. The van der Waals surface area contributed by atoms with Gasteiger partial charge in [0.2, 0.25) is 0 Å². The molecule has 1 aliphatic rings. The molecule has 0 bridgehead atoms. The smallest absolute Gasteiger partial charge is 0.343 e. The first kappa shape index (κ1) is 16.7. The first-order valence-corrected chi connectivity index (χ1v) is 8.69. The highest BCUT2D eigenvalue weighted by molar-refractivity contribution is 5.90. The summed E-state index contributed by atoms with van der Waals surface area (Å²) in [6, 6.07) is 17.2. The monoisotopic (exact) mass is 323 g/mol. The molecule has 0 saturated carbocycles. The summed E-state index contributed by atoms with van der Waals surface area (Å²) in [5.41, 5.74) is 2.04. The van der Waals surface area contributed by atoms with E-state index >= 15 is 0 Å². The Morgan fingerprint density at radius 2 is 1.96 bits per heavy atom. The van der Waals surface area contributed by atoms with Gasteiger partial charge in [-0.05, 0) is 56.3 Å². The van der Waals surface area contributed by atoms with Gasteiger partial charge in [-0.15, -0.1) is 0 Å². The molecule has 24 heavy (non-hydrogen) atoms. The van der Waals surface area contributed by atoms with E-state index in [9.17, 15) is 4.79 Å². The third kappa shape index (κ3) is 3.51. The number of benzene rings is 2. The molecule has 1 aliphatic heterocycles. The molecule has 1 unspecified atom stereocenters. The Bertz CT molecular complexity index is 694. The lowest BCUT2D eigenvalue weighted by molar-refractivity contribution is 0.0734. The van der Waals surface area contributed by atoms with E-state index in [0.29, 0.717) is 11.3 Å². The summed E-state index contributed by atoms with van der Waals surface area (Å²) in [5, 5.41) is 0. The lowest BCUT2D eigenvalue weighted by Gasteiger charge is -2.29. The van der Waals surface area contributed by atoms with E-state index in [0.717, 1.165) is 32.4 Å². The lowest BCUT2D eigenvalue weighted by atomic mass is 9.76. The maximum atomic E-state index is 12.3. The normalized spacial score (nSPS) is 20.9. The Kier molecular flexibility index (Phi) is 5.00. The molecule has 3 heteroatoms. The second kappa shape index (κ2) is 7.18. The Hall–Kier alpha value is -2.13. The molecule has 1 fully saturated rings. The Morgan fingerprint density at radius 1 is 1.17 bits per heavy atom. The van der Waals surface area contributed by atoms with Gasteiger partial charge in [-0.25, -0.2) is 4.79 Å². The van der Waals surface area contributed by atoms with Crippen LogP contribution in [0, 0.1) is 0 Å². The number of carbonyl (C=O) groups is 1. The molecule has 0 amide bonds. The van der Waals surface area contributed by atoms with Gasteiger partial charge < -0.3 is 9.64 Å². The molecular weight excluding hydrogens is 298 g/mol. The van der Waals surface area contributed by atoms with Crippen molar-refractivity contribution < 1.29 is 9.53 Å². The molecule has 1 saturated heterocycles. The van der Waals surface area contributed by atoms with E-state index in [4.69, 9.17) is 4.74 Å². The van der Waals surface area contributed by atoms with Crippen LogP contribution in [-0.4, -0.2) is 31.0 Å². The molecule has 1 heterocycles. The lowest BCUT2D eigenvalue weighted by Crippen LogP contribution is -2.29. The number of rotatable bonds is 5. The van der Waals surface area contributed by atoms with Crippen molar-refractivity contribution in [3.05, 3.63) is 65.7 Å². The van der Waals surface area contributed by atoms with Gasteiger partial charge in [0.25, 0.3) is 0 Å². The highest BCUT2D eigenvalue weighted by atomic mass is 16.5. The van der Waals surface area contributed by atoms with Crippen LogP contribution in [0.25, 0.3) is 0 Å². The summed E-state index contributed by atoms with van der Waals surface area (Å²) in [5.74, 6) is 0.326. The molecule has 0 N–H and O–H groups in total. The van der Waals surface area contributed by atoms with Crippen molar-refractivity contribution in [1.29, 1.82) is 0 Å². The molecular formula is C21H25NO2. The van der Waals surface area contributed by atoms with Crippen LogP contribution < -0.4 is 4.74 Å². The van der Waals surface area contributed by atoms with Crippen LogP contribution in [0.15, 0.2) is 54.6 Å². The van der Waals surface area contributed by atoms with Gasteiger partial charge in [-0.2, -0.15) is 0 Å². The molecule has 3 nitrogen and oxygen atoms in total. The van der Waals surface area contributed by atoms with Crippen LogP contribution in [0.1, 0.15) is 42.1 Å². The predicted octanol–water partition coefficient (Wildman–Crippen LogP) is 4.28. The van der Waals surface area contributed by atoms with Gasteiger partial charge in [0.1, 0.15) is 5.75 Å². The highest BCUT2D eigenvalue weighted by Crippen LogP contribution is 2.39. The van der Waals surface area contributed by atoms with Crippen LogP contribution in [0.5, 0.6) is 5.75 Å². The second-order valence-corrected chi connectivity index (χ2v) is 6.80. The number of hydrogen-bond acceptors (Lipinski definition) is 3. The third-order valence-corrected chi connectivity index (χ3v) is 4.94. The topological polar surface area (TPSA) is 29.5 Å². The zero-order valence-electron chi connectivity index (χ0n) is 14.5. The molecule has 0 radical (unpaired) electrons. The minimum absolute atomic E-state index is 0.179. The average Bonchev–Trinajstić information content (AvgIpc) is 2.98. The fourth-order valence-electron chi connectivity index (χ4n) is 3.77. The predicted molar refractivity (Wildman–Crippen MR) is 96.5 cm³/mol. The molecule has 0 spiro atoms.